The third-order valence-electron chi connectivity index (χ3n) is 7.48. The molecule has 0 unspecified atom stereocenters. The van der Waals surface area contributed by atoms with Crippen molar-refractivity contribution in [1.82, 2.24) is 4.98 Å². The molecule has 5 rings (SSSR count). The molecule has 10 nitrogen and oxygen atoms in total. The number of fused-ring (bicyclic) bond motifs is 1. The molecule has 1 heterocycles. The number of anilines is 2. The quantitative estimate of drug-likeness (QED) is 0.110. The summed E-state index contributed by atoms with van der Waals surface area (Å²) in [6.45, 7) is 2.56. The summed E-state index contributed by atoms with van der Waals surface area (Å²) < 4.78 is 32.9. The number of nitrogens with one attached hydrogen (secondary N) is 2. The number of carboxylic acid groups (broad SMARTS) is 1. The van der Waals surface area contributed by atoms with Gasteiger partial charge in [0.2, 0.25) is 11.8 Å². The van der Waals surface area contributed by atoms with Crippen molar-refractivity contribution in [2.75, 3.05) is 23.8 Å². The molecule has 0 radical (unpaired) electrons. The Morgan fingerprint density at radius 3 is 2.21 bits per heavy atom. The van der Waals surface area contributed by atoms with Gasteiger partial charge in [0, 0.05) is 46.1 Å². The van der Waals surface area contributed by atoms with Crippen molar-refractivity contribution in [3.8, 4) is 23.0 Å². The van der Waals surface area contributed by atoms with Crippen LogP contribution < -0.4 is 81.3 Å². The normalized spacial score (nSPS) is 12.8. The fourth-order valence-corrected chi connectivity index (χ4v) is 4.95. The first kappa shape index (κ1) is 36.6. The Kier molecular flexibility index (Phi) is 13.0. The number of carbonyl (C=O) groups excluding carboxylic acids is 3. The molecule has 13 heteroatoms. The van der Waals surface area contributed by atoms with E-state index in [1.165, 1.54) is 18.3 Å². The first-order chi connectivity index (χ1) is 22.2. The molecule has 0 aliphatic heterocycles. The first-order valence-corrected chi connectivity index (χ1v) is 15.3. The molecule has 0 bridgehead atoms. The Balaban J connectivity index is 0.00000500. The van der Waals surface area contributed by atoms with E-state index in [0.717, 1.165) is 6.07 Å². The third-order valence-corrected chi connectivity index (χ3v) is 7.73. The Labute approximate surface area is 318 Å². The SMILES string of the molecule is CCOc1cc2c(Oc3ccc(NC(=O)C4(C(=O)Nc5ccc(Cl)cc5)CC4)cc3F)ccnc2cc1OCCCCCC(=O)[O-].[K+]. The van der Waals surface area contributed by atoms with Crippen molar-refractivity contribution < 1.29 is 89.5 Å². The number of amides is 2. The Morgan fingerprint density at radius 1 is 0.872 bits per heavy atom. The maximum absolute atomic E-state index is 15.3. The van der Waals surface area contributed by atoms with Gasteiger partial charge in [0.1, 0.15) is 11.2 Å². The Morgan fingerprint density at radius 2 is 1.55 bits per heavy atom. The summed E-state index contributed by atoms with van der Waals surface area (Å²) in [5.74, 6) is -1.58. The van der Waals surface area contributed by atoms with E-state index in [1.807, 2.05) is 6.92 Å². The molecular formula is C34H32ClFKN3O7. The van der Waals surface area contributed by atoms with Gasteiger partial charge in [-0.2, -0.15) is 0 Å². The number of nitrogens with zero attached hydrogens (tertiary/aromatic N) is 1. The van der Waals surface area contributed by atoms with E-state index in [2.05, 4.69) is 15.6 Å². The molecule has 0 spiro atoms. The van der Waals surface area contributed by atoms with Crippen LogP contribution in [-0.4, -0.2) is 36.0 Å². The number of halogens is 2. The second-order valence-electron chi connectivity index (χ2n) is 10.8. The Bertz CT molecular complexity index is 1750. The van der Waals surface area contributed by atoms with Crippen LogP contribution in [0.2, 0.25) is 5.02 Å². The van der Waals surface area contributed by atoms with Crippen molar-refractivity contribution in [2.45, 2.75) is 45.4 Å². The van der Waals surface area contributed by atoms with Gasteiger partial charge in [-0.05, 0) is 94.0 Å². The number of hydrogen-bond acceptors (Lipinski definition) is 8. The van der Waals surface area contributed by atoms with Crippen molar-refractivity contribution >= 4 is 51.7 Å². The average molecular weight is 688 g/mol. The van der Waals surface area contributed by atoms with E-state index in [0.29, 0.717) is 84.2 Å². The van der Waals surface area contributed by atoms with Crippen molar-refractivity contribution in [3.05, 3.63) is 77.7 Å². The van der Waals surface area contributed by atoms with Crippen molar-refractivity contribution in [2.24, 2.45) is 5.41 Å². The zero-order valence-corrected chi connectivity index (χ0v) is 29.9. The van der Waals surface area contributed by atoms with E-state index in [-0.39, 0.29) is 69.2 Å². The number of aromatic nitrogens is 1. The standard InChI is InChI=1S/C34H33ClFN3O7.K/c1-2-44-29-19-24-26(20-30(29)45-17-5-3-4-6-31(40)41)37-16-13-27(24)46-28-12-11-23(18-25(28)36)39-33(43)34(14-15-34)32(42)38-22-9-7-21(35)8-10-22;/h7-13,16,18-20H,2-6,14-15,17H2,1H3,(H,38,42)(H,39,43)(H,40,41);/q;+1/p-1. The van der Waals surface area contributed by atoms with Crippen LogP contribution in [0.3, 0.4) is 0 Å². The molecule has 2 N–H and O–H groups in total. The van der Waals surface area contributed by atoms with E-state index in [4.69, 9.17) is 25.8 Å². The van der Waals surface area contributed by atoms with E-state index in [9.17, 15) is 19.5 Å². The number of ether oxygens (including phenoxy) is 3. The molecule has 240 valence electrons. The van der Waals surface area contributed by atoms with Gasteiger partial charge in [0.25, 0.3) is 0 Å². The summed E-state index contributed by atoms with van der Waals surface area (Å²) in [6.07, 6.45) is 4.12. The van der Waals surface area contributed by atoms with Crippen LogP contribution in [0.4, 0.5) is 15.8 Å². The average Bonchev–Trinajstić information content (AvgIpc) is 3.84. The number of benzene rings is 3. The smallest absolute Gasteiger partial charge is 0.550 e. The molecule has 1 aliphatic carbocycles. The van der Waals surface area contributed by atoms with Crippen molar-refractivity contribution in [3.63, 3.8) is 0 Å². The predicted octanol–water partition coefficient (Wildman–Crippen LogP) is 3.27. The van der Waals surface area contributed by atoms with Gasteiger partial charge in [0.15, 0.2) is 23.1 Å². The number of carbonyl (C=O) groups is 3. The molecule has 2 amide bonds. The molecule has 1 aromatic heterocycles. The van der Waals surface area contributed by atoms with Gasteiger partial charge in [-0.1, -0.05) is 11.6 Å². The van der Waals surface area contributed by atoms with E-state index >= 15 is 4.39 Å². The van der Waals surface area contributed by atoms with Gasteiger partial charge in [0.05, 0.1) is 18.7 Å². The minimum absolute atomic E-state index is 0. The number of aliphatic carboxylic acids is 1. The minimum atomic E-state index is -1.24. The first-order valence-electron chi connectivity index (χ1n) is 14.9. The largest absolute Gasteiger partial charge is 1.00 e. The molecule has 0 saturated heterocycles. The summed E-state index contributed by atoms with van der Waals surface area (Å²) in [5, 5.41) is 17.1. The second-order valence-corrected chi connectivity index (χ2v) is 11.3. The van der Waals surface area contributed by atoms with Gasteiger partial charge in [-0.25, -0.2) is 4.39 Å². The van der Waals surface area contributed by atoms with Crippen molar-refractivity contribution in [1.29, 1.82) is 0 Å². The molecule has 1 fully saturated rings. The van der Waals surface area contributed by atoms with Crippen LogP contribution in [0.25, 0.3) is 10.9 Å². The number of hydrogen-bond donors (Lipinski definition) is 2. The van der Waals surface area contributed by atoms with E-state index < -0.39 is 29.0 Å². The molecule has 1 saturated carbocycles. The maximum atomic E-state index is 15.3. The number of unbranched alkanes of at least 4 members (excludes halogenated alkanes) is 2. The molecule has 1 aliphatic rings. The third kappa shape index (κ3) is 9.43. The van der Waals surface area contributed by atoms with Gasteiger partial charge >= 0.3 is 51.4 Å². The number of pyridine rings is 1. The van der Waals surface area contributed by atoms with Crippen LogP contribution in [0.15, 0.2) is 66.9 Å². The topological polar surface area (TPSA) is 139 Å². The van der Waals surface area contributed by atoms with Crippen LogP contribution in [0.1, 0.15) is 45.4 Å². The van der Waals surface area contributed by atoms with Crippen LogP contribution in [0.5, 0.6) is 23.0 Å². The molecule has 3 aromatic carbocycles. The summed E-state index contributed by atoms with van der Waals surface area (Å²) in [4.78, 5) is 41.0. The van der Waals surface area contributed by atoms with E-state index in [1.54, 1.807) is 42.5 Å². The molecule has 0 atom stereocenters. The zero-order valence-electron chi connectivity index (χ0n) is 26.1. The van der Waals surface area contributed by atoms with Crippen LogP contribution in [0, 0.1) is 11.2 Å². The van der Waals surface area contributed by atoms with Crippen LogP contribution >= 0.6 is 11.6 Å². The molecule has 4 aromatic rings. The second kappa shape index (κ2) is 16.7. The molecular weight excluding hydrogens is 656 g/mol. The number of rotatable bonds is 15. The van der Waals surface area contributed by atoms with Gasteiger partial charge in [-0.15, -0.1) is 0 Å². The summed E-state index contributed by atoms with van der Waals surface area (Å²) in [6, 6.07) is 15.6. The van der Waals surface area contributed by atoms with Gasteiger partial charge in [-0.3, -0.25) is 14.6 Å². The fourth-order valence-electron chi connectivity index (χ4n) is 4.83. The summed E-state index contributed by atoms with van der Waals surface area (Å²) >= 11 is 5.90. The van der Waals surface area contributed by atoms with Gasteiger partial charge < -0.3 is 34.7 Å². The summed E-state index contributed by atoms with van der Waals surface area (Å²) in [7, 11) is 0. The zero-order chi connectivity index (χ0) is 32.7. The fraction of sp³-hybridized carbons (Fsp3) is 0.294. The Hall–Kier alpha value is -3.26. The predicted molar refractivity (Wildman–Crippen MR) is 169 cm³/mol. The summed E-state index contributed by atoms with van der Waals surface area (Å²) in [5.41, 5.74) is -0.00567. The monoisotopic (exact) mass is 687 g/mol. The number of carboxylic acids is 1. The minimum Gasteiger partial charge on any atom is -0.550 e. The maximum Gasteiger partial charge on any atom is 1.00 e. The molecule has 47 heavy (non-hydrogen) atoms. The van der Waals surface area contributed by atoms with Crippen LogP contribution in [-0.2, 0) is 14.4 Å².